The maximum absolute atomic E-state index is 13.0. The molecule has 0 aliphatic carbocycles. The number of piperazine rings is 1. The molecule has 152 valence electrons. The molecule has 1 aromatic rings. The van der Waals surface area contributed by atoms with E-state index < -0.39 is 17.5 Å². The SMILES string of the molecule is COc1ccc(C2(C)NC(=O)N(CC(=O)NN3CCN(C)CC3)C2=O)cc1C. The smallest absolute Gasteiger partial charge is 0.325 e. The molecule has 0 radical (unpaired) electrons. The third-order valence-electron chi connectivity index (χ3n) is 5.33. The van der Waals surface area contributed by atoms with Crippen molar-refractivity contribution in [1.82, 2.24) is 25.6 Å². The molecule has 9 nitrogen and oxygen atoms in total. The van der Waals surface area contributed by atoms with E-state index in [9.17, 15) is 14.4 Å². The number of aryl methyl sites for hydroxylation is 1. The first-order valence-corrected chi connectivity index (χ1v) is 9.27. The Hall–Kier alpha value is -2.65. The highest BCUT2D eigenvalue weighted by molar-refractivity contribution is 6.09. The lowest BCUT2D eigenvalue weighted by atomic mass is 9.90. The summed E-state index contributed by atoms with van der Waals surface area (Å²) in [7, 11) is 3.60. The van der Waals surface area contributed by atoms with Crippen LogP contribution in [0.3, 0.4) is 0 Å². The van der Waals surface area contributed by atoms with Gasteiger partial charge in [-0.25, -0.2) is 9.80 Å². The summed E-state index contributed by atoms with van der Waals surface area (Å²) in [5, 5.41) is 4.53. The molecule has 2 aliphatic rings. The number of carbonyl (C=O) groups excluding carboxylic acids is 3. The van der Waals surface area contributed by atoms with Gasteiger partial charge in [0.25, 0.3) is 11.8 Å². The Kier molecular flexibility index (Phi) is 5.57. The minimum Gasteiger partial charge on any atom is -0.496 e. The zero-order valence-electron chi connectivity index (χ0n) is 16.7. The van der Waals surface area contributed by atoms with Gasteiger partial charge in [-0.05, 0) is 44.2 Å². The highest BCUT2D eigenvalue weighted by Crippen LogP contribution is 2.31. The van der Waals surface area contributed by atoms with E-state index in [4.69, 9.17) is 4.74 Å². The maximum Gasteiger partial charge on any atom is 0.325 e. The fourth-order valence-corrected chi connectivity index (χ4v) is 3.50. The minimum atomic E-state index is -1.22. The third kappa shape index (κ3) is 3.81. The fourth-order valence-electron chi connectivity index (χ4n) is 3.50. The number of carbonyl (C=O) groups is 3. The average Bonchev–Trinajstić information content (AvgIpc) is 2.87. The maximum atomic E-state index is 13.0. The largest absolute Gasteiger partial charge is 0.496 e. The molecular formula is C19H27N5O4. The first-order valence-electron chi connectivity index (χ1n) is 9.27. The summed E-state index contributed by atoms with van der Waals surface area (Å²) in [6.45, 7) is 6.29. The number of rotatable bonds is 5. The number of benzene rings is 1. The molecule has 9 heteroatoms. The molecule has 4 amide bonds. The van der Waals surface area contributed by atoms with Crippen LogP contribution in [0.25, 0.3) is 0 Å². The van der Waals surface area contributed by atoms with Crippen LogP contribution in [0.2, 0.25) is 0 Å². The standard InChI is InChI=1S/C19H27N5O4/c1-13-11-14(5-6-15(13)28-4)19(2)17(26)24(18(27)20-19)12-16(25)21-23-9-7-22(3)8-10-23/h5-6,11H,7-10,12H2,1-4H3,(H,20,27)(H,21,25). The minimum absolute atomic E-state index is 0.318. The number of likely N-dealkylation sites (N-methyl/N-ethyl adjacent to an activating group) is 1. The van der Waals surface area contributed by atoms with Crippen molar-refractivity contribution in [3.8, 4) is 5.75 Å². The summed E-state index contributed by atoms with van der Waals surface area (Å²) in [5.41, 5.74) is 3.06. The van der Waals surface area contributed by atoms with Gasteiger partial charge < -0.3 is 15.0 Å². The van der Waals surface area contributed by atoms with Gasteiger partial charge in [0.15, 0.2) is 0 Å². The zero-order valence-corrected chi connectivity index (χ0v) is 16.7. The van der Waals surface area contributed by atoms with Crippen LogP contribution in [0.15, 0.2) is 18.2 Å². The molecule has 2 fully saturated rings. The number of methoxy groups -OCH3 is 1. The van der Waals surface area contributed by atoms with E-state index in [0.29, 0.717) is 24.4 Å². The monoisotopic (exact) mass is 389 g/mol. The van der Waals surface area contributed by atoms with Crippen molar-refractivity contribution in [3.63, 3.8) is 0 Å². The Morgan fingerprint density at radius 3 is 2.54 bits per heavy atom. The van der Waals surface area contributed by atoms with Crippen LogP contribution in [0.1, 0.15) is 18.1 Å². The summed E-state index contributed by atoms with van der Waals surface area (Å²) in [6, 6.07) is 4.75. The lowest BCUT2D eigenvalue weighted by molar-refractivity contribution is -0.136. The molecule has 2 N–H and O–H groups in total. The van der Waals surface area contributed by atoms with Crippen molar-refractivity contribution in [2.75, 3.05) is 46.9 Å². The number of imide groups is 1. The number of hydrogen-bond acceptors (Lipinski definition) is 6. The second-order valence-corrected chi connectivity index (χ2v) is 7.46. The van der Waals surface area contributed by atoms with Crippen LogP contribution in [-0.4, -0.2) is 79.5 Å². The van der Waals surface area contributed by atoms with Crippen LogP contribution < -0.4 is 15.5 Å². The molecule has 2 aliphatic heterocycles. The van der Waals surface area contributed by atoms with Gasteiger partial charge in [0.2, 0.25) is 0 Å². The molecule has 3 rings (SSSR count). The van der Waals surface area contributed by atoms with Crippen LogP contribution in [-0.2, 0) is 15.1 Å². The van der Waals surface area contributed by atoms with Crippen LogP contribution >= 0.6 is 0 Å². The lowest BCUT2D eigenvalue weighted by Crippen LogP contribution is -2.54. The predicted molar refractivity (Wildman–Crippen MR) is 103 cm³/mol. The summed E-state index contributed by atoms with van der Waals surface area (Å²) in [6.07, 6.45) is 0. The van der Waals surface area contributed by atoms with Crippen molar-refractivity contribution >= 4 is 17.8 Å². The normalized spacial score (nSPS) is 23.6. The number of urea groups is 1. The molecule has 0 saturated carbocycles. The number of ether oxygens (including phenoxy) is 1. The van der Waals surface area contributed by atoms with E-state index >= 15 is 0 Å². The van der Waals surface area contributed by atoms with Crippen molar-refractivity contribution in [1.29, 1.82) is 0 Å². The number of hydrogen-bond donors (Lipinski definition) is 2. The van der Waals surface area contributed by atoms with Crippen LogP contribution in [0, 0.1) is 6.92 Å². The van der Waals surface area contributed by atoms with E-state index in [0.717, 1.165) is 23.6 Å². The topological polar surface area (TPSA) is 94.2 Å². The van der Waals surface area contributed by atoms with E-state index in [1.54, 1.807) is 26.2 Å². The molecular weight excluding hydrogens is 362 g/mol. The Balaban J connectivity index is 1.69. The lowest BCUT2D eigenvalue weighted by Gasteiger charge is -2.32. The van der Waals surface area contributed by atoms with Crippen molar-refractivity contribution < 1.29 is 19.1 Å². The molecule has 1 unspecified atom stereocenters. The zero-order chi connectivity index (χ0) is 20.5. The van der Waals surface area contributed by atoms with Crippen LogP contribution in [0.4, 0.5) is 4.79 Å². The fraction of sp³-hybridized carbons (Fsp3) is 0.526. The van der Waals surface area contributed by atoms with Gasteiger partial charge in [0, 0.05) is 26.2 Å². The van der Waals surface area contributed by atoms with Gasteiger partial charge >= 0.3 is 6.03 Å². The first-order chi connectivity index (χ1) is 13.2. The highest BCUT2D eigenvalue weighted by Gasteiger charge is 2.49. The average molecular weight is 389 g/mol. The molecule has 1 atom stereocenters. The molecule has 2 heterocycles. The summed E-state index contributed by atoms with van der Waals surface area (Å²) in [5.74, 6) is -0.133. The highest BCUT2D eigenvalue weighted by atomic mass is 16.5. The Morgan fingerprint density at radius 2 is 1.93 bits per heavy atom. The van der Waals surface area contributed by atoms with E-state index in [-0.39, 0.29) is 12.5 Å². The van der Waals surface area contributed by atoms with E-state index in [1.807, 2.05) is 25.0 Å². The number of nitrogens with one attached hydrogen (secondary N) is 2. The van der Waals surface area contributed by atoms with Gasteiger partial charge in [-0.2, -0.15) is 0 Å². The van der Waals surface area contributed by atoms with Crippen molar-refractivity contribution in [2.24, 2.45) is 0 Å². The molecule has 0 bridgehead atoms. The molecule has 2 saturated heterocycles. The summed E-state index contributed by atoms with van der Waals surface area (Å²) >= 11 is 0. The molecule has 1 aromatic carbocycles. The molecule has 0 spiro atoms. The first kappa shape index (κ1) is 20.1. The number of nitrogens with zero attached hydrogens (tertiary/aromatic N) is 3. The van der Waals surface area contributed by atoms with Gasteiger partial charge in [0.05, 0.1) is 7.11 Å². The second-order valence-electron chi connectivity index (χ2n) is 7.46. The Bertz CT molecular complexity index is 791. The van der Waals surface area contributed by atoms with Gasteiger partial charge in [-0.15, -0.1) is 0 Å². The second kappa shape index (κ2) is 7.76. The number of amides is 4. The Morgan fingerprint density at radius 1 is 1.25 bits per heavy atom. The van der Waals surface area contributed by atoms with E-state index in [2.05, 4.69) is 15.6 Å². The molecule has 0 aromatic heterocycles. The molecule has 28 heavy (non-hydrogen) atoms. The Labute approximate surface area is 164 Å². The predicted octanol–water partition coefficient (Wildman–Crippen LogP) is 0.0492. The van der Waals surface area contributed by atoms with Gasteiger partial charge in [-0.1, -0.05) is 6.07 Å². The van der Waals surface area contributed by atoms with Gasteiger partial charge in [-0.3, -0.25) is 19.9 Å². The number of hydrazine groups is 1. The van der Waals surface area contributed by atoms with Gasteiger partial charge in [0.1, 0.15) is 17.8 Å². The third-order valence-corrected chi connectivity index (χ3v) is 5.33. The van der Waals surface area contributed by atoms with Crippen molar-refractivity contribution in [2.45, 2.75) is 19.4 Å². The van der Waals surface area contributed by atoms with E-state index in [1.165, 1.54) is 0 Å². The summed E-state index contributed by atoms with van der Waals surface area (Å²) < 4.78 is 5.25. The van der Waals surface area contributed by atoms with Crippen molar-refractivity contribution in [3.05, 3.63) is 29.3 Å². The quantitative estimate of drug-likeness (QED) is 0.691. The summed E-state index contributed by atoms with van der Waals surface area (Å²) in [4.78, 5) is 40.9. The van der Waals surface area contributed by atoms with Crippen LogP contribution in [0.5, 0.6) is 5.75 Å².